The Labute approximate surface area is 56.4 Å². The number of rotatable bonds is 0. The van der Waals surface area contributed by atoms with Gasteiger partial charge >= 0.3 is 0 Å². The van der Waals surface area contributed by atoms with E-state index in [0.717, 1.165) is 25.2 Å². The van der Waals surface area contributed by atoms with Gasteiger partial charge in [0, 0.05) is 12.8 Å². The number of carbonyl (C=O) groups excluding carboxylic acids is 1. The minimum absolute atomic E-state index is 0.459. The fraction of sp³-hybridized carbons (Fsp3) is 0.875. The van der Waals surface area contributed by atoms with Crippen molar-refractivity contribution in [2.24, 2.45) is 11.8 Å². The minimum Gasteiger partial charge on any atom is -0.300 e. The van der Waals surface area contributed by atoms with E-state index in [9.17, 15) is 4.79 Å². The average molecular weight is 126 g/mol. The standard InChI is InChI=1S/C8H14O/c1-6-3-4-8(9)5-7(6)2/h6-7H,3-5H2,1-2H3. The van der Waals surface area contributed by atoms with Gasteiger partial charge in [-0.15, -0.1) is 0 Å². The van der Waals surface area contributed by atoms with Crippen molar-refractivity contribution in [3.63, 3.8) is 0 Å². The van der Waals surface area contributed by atoms with Crippen LogP contribution in [-0.4, -0.2) is 5.78 Å². The summed E-state index contributed by atoms with van der Waals surface area (Å²) in [7, 11) is 0. The Bertz CT molecular complexity index is 118. The highest BCUT2D eigenvalue weighted by Crippen LogP contribution is 2.26. The third kappa shape index (κ3) is 1.54. The van der Waals surface area contributed by atoms with Crippen LogP contribution in [0.4, 0.5) is 0 Å². The molecule has 0 aromatic rings. The highest BCUT2D eigenvalue weighted by molar-refractivity contribution is 5.79. The third-order valence-corrected chi connectivity index (χ3v) is 2.40. The lowest BCUT2D eigenvalue weighted by molar-refractivity contribution is -0.122. The number of hydrogen-bond donors (Lipinski definition) is 0. The minimum atomic E-state index is 0.459. The topological polar surface area (TPSA) is 17.1 Å². The molecule has 0 spiro atoms. The van der Waals surface area contributed by atoms with Crippen molar-refractivity contribution in [3.8, 4) is 0 Å². The first-order valence-electron chi connectivity index (χ1n) is 3.72. The van der Waals surface area contributed by atoms with E-state index < -0.39 is 0 Å². The highest BCUT2D eigenvalue weighted by atomic mass is 16.1. The van der Waals surface area contributed by atoms with Crippen LogP contribution in [0.25, 0.3) is 0 Å². The highest BCUT2D eigenvalue weighted by Gasteiger charge is 2.21. The van der Waals surface area contributed by atoms with Crippen molar-refractivity contribution in [2.75, 3.05) is 0 Å². The first kappa shape index (κ1) is 6.79. The molecule has 1 aliphatic carbocycles. The monoisotopic (exact) mass is 126 g/mol. The maximum absolute atomic E-state index is 10.8. The van der Waals surface area contributed by atoms with Crippen LogP contribution in [0.2, 0.25) is 0 Å². The molecular formula is C8H14O. The fourth-order valence-corrected chi connectivity index (χ4v) is 1.34. The van der Waals surface area contributed by atoms with Gasteiger partial charge in [-0.3, -0.25) is 4.79 Å². The molecule has 2 unspecified atom stereocenters. The van der Waals surface area contributed by atoms with Crippen LogP contribution in [0.15, 0.2) is 0 Å². The SMILES string of the molecule is CC1CCC(=O)CC1C. The molecule has 0 aliphatic heterocycles. The van der Waals surface area contributed by atoms with Gasteiger partial charge in [-0.25, -0.2) is 0 Å². The van der Waals surface area contributed by atoms with E-state index in [0.29, 0.717) is 11.7 Å². The summed E-state index contributed by atoms with van der Waals surface area (Å²) in [5, 5.41) is 0. The smallest absolute Gasteiger partial charge is 0.133 e. The molecule has 9 heavy (non-hydrogen) atoms. The lowest BCUT2D eigenvalue weighted by atomic mass is 9.81. The maximum atomic E-state index is 10.8. The Balaban J connectivity index is 2.44. The van der Waals surface area contributed by atoms with Crippen LogP contribution < -0.4 is 0 Å². The van der Waals surface area contributed by atoms with E-state index in [2.05, 4.69) is 13.8 Å². The van der Waals surface area contributed by atoms with Gasteiger partial charge in [0.05, 0.1) is 0 Å². The first-order valence-corrected chi connectivity index (χ1v) is 3.72. The van der Waals surface area contributed by atoms with Crippen molar-refractivity contribution in [3.05, 3.63) is 0 Å². The molecule has 2 atom stereocenters. The van der Waals surface area contributed by atoms with E-state index in [4.69, 9.17) is 0 Å². The van der Waals surface area contributed by atoms with E-state index in [1.807, 2.05) is 0 Å². The van der Waals surface area contributed by atoms with Gasteiger partial charge in [0.2, 0.25) is 0 Å². The molecule has 0 N–H and O–H groups in total. The lowest BCUT2D eigenvalue weighted by Crippen LogP contribution is -2.19. The summed E-state index contributed by atoms with van der Waals surface area (Å²) < 4.78 is 0. The van der Waals surface area contributed by atoms with Crippen LogP contribution in [0.3, 0.4) is 0 Å². The van der Waals surface area contributed by atoms with Gasteiger partial charge in [0.1, 0.15) is 5.78 Å². The second kappa shape index (κ2) is 2.51. The van der Waals surface area contributed by atoms with Gasteiger partial charge in [-0.2, -0.15) is 0 Å². The predicted octanol–water partition coefficient (Wildman–Crippen LogP) is 2.01. The van der Waals surface area contributed by atoms with E-state index in [1.54, 1.807) is 0 Å². The summed E-state index contributed by atoms with van der Waals surface area (Å²) in [5.74, 6) is 1.86. The van der Waals surface area contributed by atoms with Gasteiger partial charge in [0.15, 0.2) is 0 Å². The van der Waals surface area contributed by atoms with Crippen LogP contribution in [0.5, 0.6) is 0 Å². The molecule has 1 saturated carbocycles. The Hall–Kier alpha value is -0.330. The van der Waals surface area contributed by atoms with Gasteiger partial charge in [-0.1, -0.05) is 13.8 Å². The number of hydrogen-bond acceptors (Lipinski definition) is 1. The van der Waals surface area contributed by atoms with E-state index >= 15 is 0 Å². The quantitative estimate of drug-likeness (QED) is 0.485. The molecule has 1 aliphatic rings. The molecule has 52 valence electrons. The molecule has 0 saturated heterocycles. The molecule has 0 heterocycles. The molecule has 1 fully saturated rings. The van der Waals surface area contributed by atoms with Crippen LogP contribution >= 0.6 is 0 Å². The third-order valence-electron chi connectivity index (χ3n) is 2.40. The lowest BCUT2D eigenvalue weighted by Gasteiger charge is -2.23. The summed E-state index contributed by atoms with van der Waals surface area (Å²) >= 11 is 0. The number of ketones is 1. The molecule has 1 nitrogen and oxygen atoms in total. The summed E-state index contributed by atoms with van der Waals surface area (Å²) in [6.07, 6.45) is 2.76. The normalized spacial score (nSPS) is 36.9. The molecule has 0 aromatic heterocycles. The molecule has 0 aromatic carbocycles. The zero-order chi connectivity index (χ0) is 6.85. The van der Waals surface area contributed by atoms with Gasteiger partial charge < -0.3 is 0 Å². The fourth-order valence-electron chi connectivity index (χ4n) is 1.34. The van der Waals surface area contributed by atoms with Crippen LogP contribution in [-0.2, 0) is 4.79 Å². The predicted molar refractivity (Wildman–Crippen MR) is 37.2 cm³/mol. The Morgan fingerprint density at radius 2 is 2.00 bits per heavy atom. The average Bonchev–Trinajstić information content (AvgIpc) is 1.80. The van der Waals surface area contributed by atoms with E-state index in [1.165, 1.54) is 0 Å². The summed E-state index contributed by atoms with van der Waals surface area (Å²) in [6.45, 7) is 4.40. The van der Waals surface area contributed by atoms with Crippen LogP contribution in [0, 0.1) is 11.8 Å². The van der Waals surface area contributed by atoms with Crippen molar-refractivity contribution < 1.29 is 4.79 Å². The second-order valence-electron chi connectivity index (χ2n) is 3.24. The van der Waals surface area contributed by atoms with E-state index in [-0.39, 0.29) is 0 Å². The second-order valence-corrected chi connectivity index (χ2v) is 3.24. The van der Waals surface area contributed by atoms with Crippen molar-refractivity contribution in [1.82, 2.24) is 0 Å². The van der Waals surface area contributed by atoms with Crippen molar-refractivity contribution in [1.29, 1.82) is 0 Å². The molecular weight excluding hydrogens is 112 g/mol. The molecule has 0 bridgehead atoms. The summed E-state index contributed by atoms with van der Waals surface area (Å²) in [5.41, 5.74) is 0. The van der Waals surface area contributed by atoms with Gasteiger partial charge in [-0.05, 0) is 18.3 Å². The first-order chi connectivity index (χ1) is 4.20. The molecule has 1 rings (SSSR count). The van der Waals surface area contributed by atoms with Crippen molar-refractivity contribution >= 4 is 5.78 Å². The molecule has 0 amide bonds. The zero-order valence-electron chi connectivity index (χ0n) is 6.18. The zero-order valence-corrected chi connectivity index (χ0v) is 6.18. The Morgan fingerprint density at radius 3 is 2.44 bits per heavy atom. The molecule has 1 heteroatoms. The maximum Gasteiger partial charge on any atom is 0.133 e. The Morgan fingerprint density at radius 1 is 1.33 bits per heavy atom. The largest absolute Gasteiger partial charge is 0.300 e. The number of carbonyl (C=O) groups is 1. The Kier molecular flexibility index (Phi) is 1.89. The summed E-state index contributed by atoms with van der Waals surface area (Å²) in [6, 6.07) is 0. The molecule has 0 radical (unpaired) electrons. The van der Waals surface area contributed by atoms with Crippen LogP contribution in [0.1, 0.15) is 33.1 Å². The number of Topliss-reactive ketones (excluding diaryl/α,β-unsaturated/α-hetero) is 1. The summed E-state index contributed by atoms with van der Waals surface area (Å²) in [4.78, 5) is 10.8. The van der Waals surface area contributed by atoms with Gasteiger partial charge in [0.25, 0.3) is 0 Å². The van der Waals surface area contributed by atoms with Crippen molar-refractivity contribution in [2.45, 2.75) is 33.1 Å².